The topological polar surface area (TPSA) is 86.8 Å². The van der Waals surface area contributed by atoms with Crippen LogP contribution in [0.3, 0.4) is 0 Å². The lowest BCUT2D eigenvalue weighted by Crippen LogP contribution is -2.53. The second kappa shape index (κ2) is 12.4. The lowest BCUT2D eigenvalue weighted by atomic mass is 10.0. The van der Waals surface area contributed by atoms with Crippen molar-refractivity contribution in [1.82, 2.24) is 10.2 Å². The molecule has 1 N–H and O–H groups in total. The van der Waals surface area contributed by atoms with Gasteiger partial charge in [-0.25, -0.2) is 8.42 Å². The van der Waals surface area contributed by atoms with Crippen molar-refractivity contribution >= 4 is 27.5 Å². The summed E-state index contributed by atoms with van der Waals surface area (Å²) in [5.74, 6) is -0.369. The monoisotopic (exact) mass is 515 g/mol. The summed E-state index contributed by atoms with van der Waals surface area (Å²) >= 11 is 0. The number of hydrogen-bond acceptors (Lipinski definition) is 4. The zero-order valence-corrected chi connectivity index (χ0v) is 23.5. The van der Waals surface area contributed by atoms with Gasteiger partial charge in [0.1, 0.15) is 6.04 Å². The molecule has 1 unspecified atom stereocenters. The minimum Gasteiger partial charge on any atom is -0.350 e. The lowest BCUT2D eigenvalue weighted by Gasteiger charge is -2.33. The zero-order valence-electron chi connectivity index (χ0n) is 22.7. The van der Waals surface area contributed by atoms with Gasteiger partial charge in [-0.05, 0) is 70.2 Å². The summed E-state index contributed by atoms with van der Waals surface area (Å²) in [6, 6.07) is 14.6. The average molecular weight is 516 g/mol. The molecule has 0 heterocycles. The van der Waals surface area contributed by atoms with E-state index in [1.54, 1.807) is 4.90 Å². The summed E-state index contributed by atoms with van der Waals surface area (Å²) in [5.41, 5.74) is 2.95. The number of carbonyl (C=O) groups is 2. The second-order valence-corrected chi connectivity index (χ2v) is 12.3. The van der Waals surface area contributed by atoms with Crippen LogP contribution >= 0.6 is 0 Å². The predicted octanol–water partition coefficient (Wildman–Crippen LogP) is 4.57. The maximum atomic E-state index is 13.5. The van der Waals surface area contributed by atoms with E-state index in [-0.39, 0.29) is 24.8 Å². The van der Waals surface area contributed by atoms with Gasteiger partial charge in [0.25, 0.3) is 0 Å². The highest BCUT2D eigenvalue weighted by atomic mass is 32.2. The average Bonchev–Trinajstić information content (AvgIpc) is 2.77. The molecule has 8 heteroatoms. The first-order valence-electron chi connectivity index (χ1n) is 12.4. The van der Waals surface area contributed by atoms with Gasteiger partial charge in [-0.15, -0.1) is 0 Å². The van der Waals surface area contributed by atoms with Crippen molar-refractivity contribution in [2.75, 3.05) is 17.1 Å². The van der Waals surface area contributed by atoms with Gasteiger partial charge in [-0.1, -0.05) is 49.4 Å². The number of benzene rings is 2. The molecule has 0 aromatic heterocycles. The van der Waals surface area contributed by atoms with Gasteiger partial charge in [0.2, 0.25) is 21.8 Å². The fourth-order valence-electron chi connectivity index (χ4n) is 4.12. The third-order valence-corrected chi connectivity index (χ3v) is 7.05. The second-order valence-electron chi connectivity index (χ2n) is 10.4. The van der Waals surface area contributed by atoms with E-state index in [2.05, 4.69) is 5.32 Å². The third kappa shape index (κ3) is 8.66. The van der Waals surface area contributed by atoms with Crippen LogP contribution < -0.4 is 9.62 Å². The van der Waals surface area contributed by atoms with E-state index in [1.165, 1.54) is 10.6 Å². The molecule has 7 nitrogen and oxygen atoms in total. The first-order chi connectivity index (χ1) is 16.7. The van der Waals surface area contributed by atoms with Crippen LogP contribution in [0, 0.1) is 13.8 Å². The quantitative estimate of drug-likeness (QED) is 0.475. The van der Waals surface area contributed by atoms with E-state index < -0.39 is 21.6 Å². The van der Waals surface area contributed by atoms with Crippen LogP contribution in [0.4, 0.5) is 5.69 Å². The molecule has 0 saturated heterocycles. The van der Waals surface area contributed by atoms with Gasteiger partial charge in [-0.3, -0.25) is 13.9 Å². The highest BCUT2D eigenvalue weighted by Crippen LogP contribution is 2.25. The predicted molar refractivity (Wildman–Crippen MR) is 146 cm³/mol. The van der Waals surface area contributed by atoms with Gasteiger partial charge < -0.3 is 10.2 Å². The molecule has 0 bridgehead atoms. The van der Waals surface area contributed by atoms with Crippen LogP contribution in [-0.4, -0.2) is 49.5 Å². The lowest BCUT2D eigenvalue weighted by molar-refractivity contribution is -0.142. The number of carbonyl (C=O) groups excluding carboxylic acids is 2. The number of amides is 2. The molecule has 1 atom stereocenters. The molecular formula is C28H41N3O4S. The van der Waals surface area contributed by atoms with Crippen molar-refractivity contribution in [2.45, 2.75) is 78.9 Å². The van der Waals surface area contributed by atoms with Crippen LogP contribution in [0.25, 0.3) is 0 Å². The largest absolute Gasteiger partial charge is 0.350 e. The molecule has 2 amide bonds. The summed E-state index contributed by atoms with van der Waals surface area (Å²) in [6.45, 7) is 11.9. The van der Waals surface area contributed by atoms with Crippen molar-refractivity contribution in [3.63, 3.8) is 0 Å². The Hall–Kier alpha value is -2.87. The maximum absolute atomic E-state index is 13.5. The van der Waals surface area contributed by atoms with Crippen LogP contribution in [0.15, 0.2) is 48.5 Å². The Balaban J connectivity index is 2.24. The first kappa shape index (κ1) is 29.4. The molecule has 2 aromatic rings. The maximum Gasteiger partial charge on any atom is 0.243 e. The van der Waals surface area contributed by atoms with Crippen LogP contribution in [-0.2, 0) is 26.2 Å². The number of nitrogens with one attached hydrogen (secondary N) is 1. The molecule has 0 aliphatic heterocycles. The van der Waals surface area contributed by atoms with Crippen molar-refractivity contribution in [2.24, 2.45) is 0 Å². The summed E-state index contributed by atoms with van der Waals surface area (Å²) in [5, 5.41) is 3.00. The highest BCUT2D eigenvalue weighted by Gasteiger charge is 2.30. The minimum absolute atomic E-state index is 0.128. The van der Waals surface area contributed by atoms with Gasteiger partial charge in [0.05, 0.1) is 11.9 Å². The minimum atomic E-state index is -3.53. The Morgan fingerprint density at radius 2 is 1.67 bits per heavy atom. The fourth-order valence-corrected chi connectivity index (χ4v) is 5.14. The normalized spacial score (nSPS) is 12.6. The Bertz CT molecular complexity index is 1140. The molecule has 0 fully saturated rings. The van der Waals surface area contributed by atoms with Gasteiger partial charge >= 0.3 is 0 Å². The molecule has 2 rings (SSSR count). The summed E-state index contributed by atoms with van der Waals surface area (Å²) < 4.78 is 26.6. The molecule has 36 heavy (non-hydrogen) atoms. The van der Waals surface area contributed by atoms with Crippen LogP contribution in [0.5, 0.6) is 0 Å². The number of nitrogens with zero attached hydrogens (tertiary/aromatic N) is 2. The van der Waals surface area contributed by atoms with Crippen molar-refractivity contribution in [3.8, 4) is 0 Å². The molecule has 0 saturated carbocycles. The van der Waals surface area contributed by atoms with Crippen molar-refractivity contribution in [1.29, 1.82) is 0 Å². The van der Waals surface area contributed by atoms with Crippen LogP contribution in [0.1, 0.15) is 63.6 Å². The van der Waals surface area contributed by atoms with E-state index in [4.69, 9.17) is 0 Å². The number of sulfonamides is 1. The van der Waals surface area contributed by atoms with Gasteiger partial charge in [-0.2, -0.15) is 0 Å². The number of rotatable bonds is 11. The summed E-state index contributed by atoms with van der Waals surface area (Å²) in [4.78, 5) is 28.2. The number of aryl methyl sites for hydroxylation is 2. The third-order valence-electron chi connectivity index (χ3n) is 5.87. The van der Waals surface area contributed by atoms with Crippen molar-refractivity contribution in [3.05, 3.63) is 65.2 Å². The molecule has 0 aliphatic rings. The van der Waals surface area contributed by atoms with E-state index in [0.717, 1.165) is 16.7 Å². The highest BCUT2D eigenvalue weighted by molar-refractivity contribution is 7.92. The Labute approximate surface area is 216 Å². The number of anilines is 1. The fraction of sp³-hybridized carbons (Fsp3) is 0.500. The van der Waals surface area contributed by atoms with Gasteiger partial charge in [0, 0.05) is 25.0 Å². The smallest absolute Gasteiger partial charge is 0.243 e. The molecule has 0 spiro atoms. The molecule has 2 aromatic carbocycles. The standard InChI is InChI=1S/C28H41N3O4S/c1-8-24(27(33)29-28(4,5)6)30(20-23-13-10-9-11-14-23)26(32)15-12-18-31(36(7,34)35)25-19-21(2)16-17-22(25)3/h9-11,13-14,16-17,19,24H,8,12,15,18,20H2,1-7H3,(H,29,33). The Kier molecular flexibility index (Phi) is 10.1. The molecule has 0 aliphatic carbocycles. The molecule has 0 radical (unpaired) electrons. The summed E-state index contributed by atoms with van der Waals surface area (Å²) in [7, 11) is -3.53. The van der Waals surface area contributed by atoms with E-state index >= 15 is 0 Å². The van der Waals surface area contributed by atoms with E-state index in [1.807, 2.05) is 90.1 Å². The first-order valence-corrected chi connectivity index (χ1v) is 14.3. The summed E-state index contributed by atoms with van der Waals surface area (Å²) in [6.07, 6.45) is 2.12. The Morgan fingerprint density at radius 1 is 1.03 bits per heavy atom. The van der Waals surface area contributed by atoms with Gasteiger partial charge in [0.15, 0.2) is 0 Å². The zero-order chi connectivity index (χ0) is 27.1. The molecular weight excluding hydrogens is 474 g/mol. The van der Waals surface area contributed by atoms with Crippen LogP contribution in [0.2, 0.25) is 0 Å². The van der Waals surface area contributed by atoms with Crippen molar-refractivity contribution < 1.29 is 18.0 Å². The van der Waals surface area contributed by atoms with E-state index in [0.29, 0.717) is 25.1 Å². The number of hydrogen-bond donors (Lipinski definition) is 1. The molecule has 198 valence electrons. The Morgan fingerprint density at radius 3 is 2.22 bits per heavy atom. The van der Waals surface area contributed by atoms with E-state index in [9.17, 15) is 18.0 Å². The SMILES string of the molecule is CCC(C(=O)NC(C)(C)C)N(Cc1ccccc1)C(=O)CCCN(c1cc(C)ccc1C)S(C)(=O)=O.